The van der Waals surface area contributed by atoms with Gasteiger partial charge in [0.15, 0.2) is 0 Å². The summed E-state index contributed by atoms with van der Waals surface area (Å²) in [6.07, 6.45) is 5.40. The highest BCUT2D eigenvalue weighted by Gasteiger charge is 2.03. The zero-order valence-electron chi connectivity index (χ0n) is 6.26. The maximum absolute atomic E-state index is 9.98. The quantitative estimate of drug-likeness (QED) is 0.501. The van der Waals surface area contributed by atoms with Gasteiger partial charge in [0.1, 0.15) is 5.75 Å². The van der Waals surface area contributed by atoms with E-state index < -0.39 is 5.97 Å². The first-order valence-electron chi connectivity index (χ1n) is 2.89. The molecule has 0 aliphatic heterocycles. The Kier molecular flexibility index (Phi) is 9.21. The molecule has 0 aromatic rings. The molecule has 10 heavy (non-hydrogen) atoms. The molecule has 0 saturated carbocycles. The number of hydrogen-bond donors (Lipinski definition) is 1. The third kappa shape index (κ3) is 11.0. The fourth-order valence-electron chi connectivity index (χ4n) is 0.512. The summed E-state index contributed by atoms with van der Waals surface area (Å²) in [6.45, 7) is 0. The minimum atomic E-state index is -0.680. The van der Waals surface area contributed by atoms with E-state index in [-0.39, 0.29) is 12.4 Å². The third-order valence-electron chi connectivity index (χ3n) is 0.943. The predicted octanol–water partition coefficient (Wildman–Crippen LogP) is -2.27. The number of rotatable bonds is 4. The van der Waals surface area contributed by atoms with Crippen LogP contribution in [0.15, 0.2) is 0 Å². The van der Waals surface area contributed by atoms with Crippen molar-refractivity contribution in [3.05, 3.63) is 0 Å². The van der Waals surface area contributed by atoms with E-state index in [1.807, 2.05) is 0 Å². The minimum Gasteiger partial charge on any atom is -1.00 e. The minimum absolute atomic E-state index is 0. The summed E-state index contributed by atoms with van der Waals surface area (Å²) in [7, 11) is 0.405. The molecule has 0 atom stereocenters. The summed E-state index contributed by atoms with van der Waals surface area (Å²) in [5.74, 6) is 0.368. The average Bonchev–Trinajstić information content (AvgIpc) is 1.63. The highest BCUT2D eigenvalue weighted by Crippen LogP contribution is 1.93. The second kappa shape index (κ2) is 7.22. The Balaban J connectivity index is 0. The van der Waals surface area contributed by atoms with Gasteiger partial charge in [-0.25, -0.2) is 0 Å². The molecule has 1 N–H and O–H groups in total. The van der Waals surface area contributed by atoms with Crippen molar-refractivity contribution in [3.63, 3.8) is 0 Å². The first kappa shape index (κ1) is 12.8. The van der Waals surface area contributed by atoms with Crippen molar-refractivity contribution in [2.24, 2.45) is 0 Å². The molecule has 62 valence electrons. The largest absolute Gasteiger partial charge is 1.00 e. The highest BCUT2D eigenvalue weighted by molar-refractivity contribution is 7.95. The molecule has 0 bridgehead atoms. The molecule has 0 unspecified atom stereocenters. The Bertz CT molecular complexity index is 95.7. The Morgan fingerprint density at radius 3 is 2.30 bits per heavy atom. The van der Waals surface area contributed by atoms with E-state index >= 15 is 0 Å². The summed E-state index contributed by atoms with van der Waals surface area (Å²) >= 11 is 0. The molecule has 0 aromatic heterocycles. The molecule has 0 fully saturated rings. The number of halogens is 1. The maximum atomic E-state index is 9.98. The van der Waals surface area contributed by atoms with Crippen molar-refractivity contribution in [1.82, 2.24) is 0 Å². The van der Waals surface area contributed by atoms with Gasteiger partial charge in [-0.2, -0.15) is 0 Å². The van der Waals surface area contributed by atoms with Gasteiger partial charge in [0.2, 0.25) is 0 Å². The zero-order valence-corrected chi connectivity index (χ0v) is 7.84. The van der Waals surface area contributed by atoms with Crippen LogP contribution in [0.5, 0.6) is 0 Å². The summed E-state index contributed by atoms with van der Waals surface area (Å²) < 4.78 is 0. The summed E-state index contributed by atoms with van der Waals surface area (Å²) in [5.41, 5.74) is 0. The maximum Gasteiger partial charge on any atom is 0.303 e. The normalized spacial score (nSPS) is 9.10. The molecule has 4 heteroatoms. The van der Waals surface area contributed by atoms with Gasteiger partial charge in [0, 0.05) is 12.8 Å². The van der Waals surface area contributed by atoms with E-state index in [2.05, 4.69) is 12.5 Å². The van der Waals surface area contributed by atoms with Gasteiger partial charge in [0.05, 0.1) is 12.5 Å². The average molecular weight is 185 g/mol. The topological polar surface area (TPSA) is 37.3 Å². The molecule has 0 rings (SSSR count). The Morgan fingerprint density at radius 1 is 1.50 bits per heavy atom. The molecule has 0 aliphatic carbocycles. The van der Waals surface area contributed by atoms with Crippen LogP contribution in [0.4, 0.5) is 0 Å². The molecule has 0 aromatic carbocycles. The molecule has 0 heterocycles. The van der Waals surface area contributed by atoms with Crippen molar-refractivity contribution in [3.8, 4) is 0 Å². The van der Waals surface area contributed by atoms with Crippen LogP contribution in [0.2, 0.25) is 0 Å². The predicted molar refractivity (Wildman–Crippen MR) is 40.9 cm³/mol. The van der Waals surface area contributed by atoms with Crippen LogP contribution in [0.3, 0.4) is 0 Å². The molecule has 0 radical (unpaired) electrons. The molecule has 2 nitrogen and oxygen atoms in total. The van der Waals surface area contributed by atoms with Crippen LogP contribution in [-0.4, -0.2) is 29.3 Å². The number of hydrogen-bond acceptors (Lipinski definition) is 1. The smallest absolute Gasteiger partial charge is 0.303 e. The highest BCUT2D eigenvalue weighted by atomic mass is 35.5. The van der Waals surface area contributed by atoms with Crippen molar-refractivity contribution in [2.45, 2.75) is 12.8 Å². The van der Waals surface area contributed by atoms with Crippen LogP contribution in [-0.2, 0) is 15.7 Å². The van der Waals surface area contributed by atoms with Gasteiger partial charge < -0.3 is 17.5 Å². The molecule has 0 amide bonds. The number of carboxylic acid groups (broad SMARTS) is 1. The van der Waals surface area contributed by atoms with E-state index in [0.717, 1.165) is 12.2 Å². The van der Waals surface area contributed by atoms with Gasteiger partial charge in [0.25, 0.3) is 0 Å². The lowest BCUT2D eigenvalue weighted by molar-refractivity contribution is -0.137. The zero-order chi connectivity index (χ0) is 7.28. The second-order valence-electron chi connectivity index (χ2n) is 2.19. The lowest BCUT2D eigenvalue weighted by Crippen LogP contribution is -3.00. The molecule has 0 spiro atoms. The fourth-order valence-corrected chi connectivity index (χ4v) is 1.23. The summed E-state index contributed by atoms with van der Waals surface area (Å²) in [5, 5.41) is 8.23. The first-order chi connectivity index (χ1) is 4.13. The van der Waals surface area contributed by atoms with Gasteiger partial charge in [-0.15, -0.1) is 0 Å². The SMILES string of the molecule is C[S+](C)CCCC(=O)O.[Cl-]. The van der Waals surface area contributed by atoms with E-state index in [9.17, 15) is 4.79 Å². The monoisotopic (exact) mass is 184 g/mol. The summed E-state index contributed by atoms with van der Waals surface area (Å²) in [6, 6.07) is 0. The van der Waals surface area contributed by atoms with Crippen molar-refractivity contribution in [2.75, 3.05) is 18.3 Å². The standard InChI is InChI=1S/C6H12O2S.ClH/c1-9(2)5-3-4-6(7)8;/h3-5H2,1-2H3;1H. The number of aliphatic carboxylic acids is 1. The fraction of sp³-hybridized carbons (Fsp3) is 0.833. The van der Waals surface area contributed by atoms with Crippen LogP contribution >= 0.6 is 0 Å². The van der Waals surface area contributed by atoms with Crippen LogP contribution < -0.4 is 12.4 Å². The van der Waals surface area contributed by atoms with Gasteiger partial charge in [-0.05, 0) is 10.9 Å². The Morgan fingerprint density at radius 2 is 2.00 bits per heavy atom. The van der Waals surface area contributed by atoms with E-state index in [1.165, 1.54) is 0 Å². The number of carbonyl (C=O) groups is 1. The second-order valence-corrected chi connectivity index (χ2v) is 4.57. The summed E-state index contributed by atoms with van der Waals surface area (Å²) in [4.78, 5) is 9.98. The Hall–Kier alpha value is 0.110. The number of carboxylic acids is 1. The van der Waals surface area contributed by atoms with Crippen LogP contribution in [0.25, 0.3) is 0 Å². The lowest BCUT2D eigenvalue weighted by Gasteiger charge is -1.92. The van der Waals surface area contributed by atoms with Gasteiger partial charge >= 0.3 is 5.97 Å². The van der Waals surface area contributed by atoms with Crippen LogP contribution in [0, 0.1) is 0 Å². The van der Waals surface area contributed by atoms with Gasteiger partial charge in [-0.3, -0.25) is 4.79 Å². The molecular formula is C6H13ClO2S. The Labute approximate surface area is 70.8 Å². The van der Waals surface area contributed by atoms with E-state index in [0.29, 0.717) is 17.3 Å². The molecular weight excluding hydrogens is 172 g/mol. The molecule has 0 saturated heterocycles. The lowest BCUT2D eigenvalue weighted by atomic mass is 10.3. The molecule has 0 aliphatic rings. The van der Waals surface area contributed by atoms with Crippen molar-refractivity contribution in [1.29, 1.82) is 0 Å². The van der Waals surface area contributed by atoms with Crippen molar-refractivity contribution >= 4 is 16.9 Å². The third-order valence-corrected chi connectivity index (χ3v) is 2.05. The van der Waals surface area contributed by atoms with E-state index in [1.54, 1.807) is 0 Å². The van der Waals surface area contributed by atoms with Crippen LogP contribution in [0.1, 0.15) is 12.8 Å². The van der Waals surface area contributed by atoms with Gasteiger partial charge in [-0.1, -0.05) is 0 Å². The first-order valence-corrected chi connectivity index (χ1v) is 5.10. The van der Waals surface area contributed by atoms with Crippen molar-refractivity contribution < 1.29 is 22.3 Å². The van der Waals surface area contributed by atoms with E-state index in [4.69, 9.17) is 5.11 Å².